The first kappa shape index (κ1) is 24.9. The van der Waals surface area contributed by atoms with Gasteiger partial charge in [0.2, 0.25) is 0 Å². The molecule has 0 spiro atoms. The van der Waals surface area contributed by atoms with Crippen LogP contribution in [0.2, 0.25) is 0 Å². The molecule has 1 heterocycles. The quantitative estimate of drug-likeness (QED) is 0.291. The number of nitrogens with two attached hydrogens (primary N) is 2. The molecule has 0 aliphatic heterocycles. The number of aromatic nitrogens is 2. The number of amides is 4. The molecule has 10 nitrogen and oxygen atoms in total. The van der Waals surface area contributed by atoms with E-state index in [9.17, 15) is 18.8 Å². The number of methoxy groups -OCH3 is 1. The molecule has 6 N–H and O–H groups in total. The van der Waals surface area contributed by atoms with Gasteiger partial charge in [0, 0.05) is 6.54 Å². The minimum absolute atomic E-state index is 0.0705. The average molecular weight is 503 g/mol. The fourth-order valence-electron chi connectivity index (χ4n) is 3.62. The molecule has 0 aliphatic carbocycles. The number of hydrogen-bond donors (Lipinski definition) is 4. The van der Waals surface area contributed by atoms with Crippen molar-refractivity contribution in [1.82, 2.24) is 15.1 Å². The molecule has 0 aliphatic rings. The van der Waals surface area contributed by atoms with Gasteiger partial charge >= 0.3 is 6.03 Å². The molecular formula is C26H23FN6O4. The lowest BCUT2D eigenvalue weighted by molar-refractivity contribution is 0.0945. The van der Waals surface area contributed by atoms with Crippen molar-refractivity contribution in [3.63, 3.8) is 0 Å². The summed E-state index contributed by atoms with van der Waals surface area (Å²) in [4.78, 5) is 35.3. The first-order chi connectivity index (χ1) is 17.7. The number of ether oxygens (including phenoxy) is 1. The molecule has 37 heavy (non-hydrogen) atoms. The zero-order chi connectivity index (χ0) is 26.5. The Kier molecular flexibility index (Phi) is 7.14. The van der Waals surface area contributed by atoms with Crippen LogP contribution >= 0.6 is 0 Å². The van der Waals surface area contributed by atoms with E-state index in [0.717, 1.165) is 5.56 Å². The third-order valence-electron chi connectivity index (χ3n) is 5.50. The molecule has 1 aromatic heterocycles. The molecule has 4 aromatic rings. The van der Waals surface area contributed by atoms with Gasteiger partial charge in [0.25, 0.3) is 11.8 Å². The van der Waals surface area contributed by atoms with E-state index in [1.807, 2.05) is 12.1 Å². The smallest absolute Gasteiger partial charge is 0.316 e. The van der Waals surface area contributed by atoms with E-state index in [1.165, 1.54) is 23.0 Å². The Morgan fingerprint density at radius 3 is 2.24 bits per heavy atom. The minimum Gasteiger partial charge on any atom is -0.497 e. The lowest BCUT2D eigenvalue weighted by atomic mass is 10.0. The van der Waals surface area contributed by atoms with Crippen molar-refractivity contribution in [2.45, 2.75) is 6.54 Å². The maximum atomic E-state index is 14.8. The van der Waals surface area contributed by atoms with Crippen molar-refractivity contribution in [2.24, 2.45) is 11.5 Å². The second kappa shape index (κ2) is 10.6. The Labute approximate surface area is 211 Å². The maximum absolute atomic E-state index is 14.8. The van der Waals surface area contributed by atoms with Crippen LogP contribution in [0.5, 0.6) is 5.75 Å². The third-order valence-corrected chi connectivity index (χ3v) is 5.50. The summed E-state index contributed by atoms with van der Waals surface area (Å²) >= 11 is 0. The van der Waals surface area contributed by atoms with E-state index < -0.39 is 23.7 Å². The highest BCUT2D eigenvalue weighted by molar-refractivity contribution is 6.00. The van der Waals surface area contributed by atoms with Crippen LogP contribution in [0, 0.1) is 5.82 Å². The standard InChI is InChI=1S/C26H23FN6O4/c1-37-19-9-2-15(3-10-19)13-30-25(35)20-11-6-17(12-21(20)27)16-4-7-18(8-5-16)33-14-22(31-26(29)36)23(32-33)24(28)34/h2-12,14H,13H2,1H3,(H2,28,34)(H,30,35)(H3,29,31,36). The molecule has 4 amide bonds. The average Bonchev–Trinajstić information content (AvgIpc) is 3.31. The fraction of sp³-hybridized carbons (Fsp3) is 0.0769. The van der Waals surface area contributed by atoms with Gasteiger partial charge in [-0.15, -0.1) is 0 Å². The number of benzene rings is 3. The van der Waals surface area contributed by atoms with Gasteiger partial charge in [-0.05, 0) is 53.1 Å². The highest BCUT2D eigenvalue weighted by atomic mass is 19.1. The van der Waals surface area contributed by atoms with Gasteiger partial charge in [0.05, 0.1) is 30.2 Å². The van der Waals surface area contributed by atoms with Crippen molar-refractivity contribution in [2.75, 3.05) is 12.4 Å². The topological polar surface area (TPSA) is 154 Å². The van der Waals surface area contributed by atoms with E-state index in [0.29, 0.717) is 22.6 Å². The van der Waals surface area contributed by atoms with Crippen LogP contribution in [0.4, 0.5) is 14.9 Å². The van der Waals surface area contributed by atoms with Crippen molar-refractivity contribution in [3.8, 4) is 22.6 Å². The van der Waals surface area contributed by atoms with Gasteiger partial charge in [-0.3, -0.25) is 9.59 Å². The van der Waals surface area contributed by atoms with Crippen molar-refractivity contribution >= 4 is 23.5 Å². The summed E-state index contributed by atoms with van der Waals surface area (Å²) in [7, 11) is 1.57. The predicted octanol–water partition coefficient (Wildman–Crippen LogP) is 3.21. The monoisotopic (exact) mass is 502 g/mol. The normalized spacial score (nSPS) is 10.5. The first-order valence-electron chi connectivity index (χ1n) is 11.0. The van der Waals surface area contributed by atoms with Gasteiger partial charge in [-0.25, -0.2) is 13.9 Å². The molecule has 0 saturated carbocycles. The minimum atomic E-state index is -0.864. The molecule has 0 unspecified atom stereocenters. The van der Waals surface area contributed by atoms with Crippen LogP contribution in [-0.4, -0.2) is 34.7 Å². The number of hydrogen-bond acceptors (Lipinski definition) is 5. The van der Waals surface area contributed by atoms with Crippen LogP contribution in [0.3, 0.4) is 0 Å². The molecule has 188 valence electrons. The lowest BCUT2D eigenvalue weighted by Gasteiger charge is -2.09. The summed E-state index contributed by atoms with van der Waals surface area (Å²) in [6.45, 7) is 0.243. The zero-order valence-electron chi connectivity index (χ0n) is 19.7. The molecule has 0 saturated heterocycles. The second-order valence-electron chi connectivity index (χ2n) is 7.96. The molecule has 0 bridgehead atoms. The number of primary amides is 2. The van der Waals surface area contributed by atoms with Crippen molar-refractivity contribution in [1.29, 1.82) is 0 Å². The number of anilines is 1. The number of rotatable bonds is 8. The van der Waals surface area contributed by atoms with E-state index >= 15 is 0 Å². The number of carbonyl (C=O) groups excluding carboxylic acids is 3. The summed E-state index contributed by atoms with van der Waals surface area (Å²) in [6.07, 6.45) is 1.40. The Morgan fingerprint density at radius 2 is 1.65 bits per heavy atom. The molecule has 11 heteroatoms. The Bertz CT molecular complexity index is 1470. The van der Waals surface area contributed by atoms with Gasteiger partial charge in [-0.1, -0.05) is 30.3 Å². The molecule has 0 atom stereocenters. The first-order valence-corrected chi connectivity index (χ1v) is 11.0. The van der Waals surface area contributed by atoms with Crippen LogP contribution in [0.15, 0.2) is 72.9 Å². The van der Waals surface area contributed by atoms with E-state index in [-0.39, 0.29) is 23.5 Å². The van der Waals surface area contributed by atoms with Crippen LogP contribution in [-0.2, 0) is 6.54 Å². The highest BCUT2D eigenvalue weighted by Crippen LogP contribution is 2.25. The molecule has 0 fully saturated rings. The number of carbonyl (C=O) groups is 3. The predicted molar refractivity (Wildman–Crippen MR) is 135 cm³/mol. The summed E-state index contributed by atoms with van der Waals surface area (Å²) < 4.78 is 21.3. The molecule has 3 aromatic carbocycles. The van der Waals surface area contributed by atoms with Crippen LogP contribution in [0.1, 0.15) is 26.4 Å². The van der Waals surface area contributed by atoms with Gasteiger partial charge < -0.3 is 26.8 Å². The van der Waals surface area contributed by atoms with Crippen molar-refractivity contribution < 1.29 is 23.5 Å². The van der Waals surface area contributed by atoms with Crippen LogP contribution < -0.4 is 26.8 Å². The summed E-state index contributed by atoms with van der Waals surface area (Å²) in [5.74, 6) is -1.31. The van der Waals surface area contributed by atoms with E-state index in [2.05, 4.69) is 15.7 Å². The Hall–Kier alpha value is -5.19. The SMILES string of the molecule is COc1ccc(CNC(=O)c2ccc(-c3ccc(-n4cc(NC(N)=O)c(C(N)=O)n4)cc3)cc2F)cc1. The Morgan fingerprint density at radius 1 is 0.973 bits per heavy atom. The third kappa shape index (κ3) is 5.73. The number of urea groups is 1. The molecule has 4 rings (SSSR count). The van der Waals surface area contributed by atoms with Crippen molar-refractivity contribution in [3.05, 3.63) is 95.6 Å². The van der Waals surface area contributed by atoms with E-state index in [4.69, 9.17) is 16.2 Å². The number of nitrogens with zero attached hydrogens (tertiary/aromatic N) is 2. The summed E-state index contributed by atoms with van der Waals surface area (Å²) in [6, 6.07) is 17.5. The van der Waals surface area contributed by atoms with Gasteiger partial charge in [-0.2, -0.15) is 5.10 Å². The Balaban J connectivity index is 1.47. The summed E-state index contributed by atoms with van der Waals surface area (Å²) in [5, 5.41) is 9.10. The molecule has 0 radical (unpaired) electrons. The van der Waals surface area contributed by atoms with Crippen LogP contribution in [0.25, 0.3) is 16.8 Å². The summed E-state index contributed by atoms with van der Waals surface area (Å²) in [5.41, 5.74) is 12.9. The van der Waals surface area contributed by atoms with E-state index in [1.54, 1.807) is 49.6 Å². The maximum Gasteiger partial charge on any atom is 0.316 e. The lowest BCUT2D eigenvalue weighted by Crippen LogP contribution is -2.23. The number of nitrogens with one attached hydrogen (secondary N) is 2. The van der Waals surface area contributed by atoms with Gasteiger partial charge in [0.15, 0.2) is 5.69 Å². The molecular weight excluding hydrogens is 479 g/mol. The zero-order valence-corrected chi connectivity index (χ0v) is 19.7. The van der Waals surface area contributed by atoms with Gasteiger partial charge in [0.1, 0.15) is 11.6 Å². The largest absolute Gasteiger partial charge is 0.497 e. The highest BCUT2D eigenvalue weighted by Gasteiger charge is 2.17. The number of halogens is 1. The fourth-order valence-corrected chi connectivity index (χ4v) is 3.62. The second-order valence-corrected chi connectivity index (χ2v) is 7.96.